The first kappa shape index (κ1) is 13.8. The summed E-state index contributed by atoms with van der Waals surface area (Å²) in [6.45, 7) is 5.34. The van der Waals surface area contributed by atoms with Crippen molar-refractivity contribution in [2.45, 2.75) is 20.8 Å². The van der Waals surface area contributed by atoms with Crippen LogP contribution in [0.5, 0.6) is 0 Å². The predicted molar refractivity (Wildman–Crippen MR) is 75.5 cm³/mol. The van der Waals surface area contributed by atoms with Crippen LogP contribution in [0.3, 0.4) is 0 Å². The van der Waals surface area contributed by atoms with Crippen LogP contribution in [0.15, 0.2) is 30.3 Å². The van der Waals surface area contributed by atoms with E-state index in [1.807, 2.05) is 13.0 Å². The first-order chi connectivity index (χ1) is 8.91. The fourth-order valence-corrected chi connectivity index (χ4v) is 2.37. The van der Waals surface area contributed by atoms with E-state index in [1.165, 1.54) is 6.07 Å². The molecule has 0 heterocycles. The Hall–Kier alpha value is -1.67. The van der Waals surface area contributed by atoms with Crippen molar-refractivity contribution in [3.8, 4) is 0 Å². The Morgan fingerprint density at radius 2 is 1.79 bits per heavy atom. The SMILES string of the molecule is Cc1cc(C)c(C(=O)c2cccc(C)c2Cl)c(F)c1. The second-order valence-corrected chi connectivity index (χ2v) is 5.08. The summed E-state index contributed by atoms with van der Waals surface area (Å²) >= 11 is 6.13. The molecule has 0 amide bonds. The molecule has 0 unspecified atom stereocenters. The molecule has 0 radical (unpaired) electrons. The molecule has 98 valence electrons. The maximum Gasteiger partial charge on any atom is 0.197 e. The third-order valence-corrected chi connectivity index (χ3v) is 3.60. The summed E-state index contributed by atoms with van der Waals surface area (Å²) in [5.74, 6) is -0.872. The number of carbonyl (C=O) groups excluding carboxylic acids is 1. The number of halogens is 2. The lowest BCUT2D eigenvalue weighted by atomic mass is 9.96. The van der Waals surface area contributed by atoms with E-state index in [0.717, 1.165) is 11.1 Å². The highest BCUT2D eigenvalue weighted by Crippen LogP contribution is 2.26. The number of carbonyl (C=O) groups is 1. The molecule has 0 aliphatic carbocycles. The lowest BCUT2D eigenvalue weighted by Crippen LogP contribution is -2.08. The molecular formula is C16H14ClFO. The van der Waals surface area contributed by atoms with Gasteiger partial charge < -0.3 is 0 Å². The van der Waals surface area contributed by atoms with Crippen molar-refractivity contribution >= 4 is 17.4 Å². The predicted octanol–water partition coefficient (Wildman–Crippen LogP) is 4.64. The van der Waals surface area contributed by atoms with Gasteiger partial charge in [-0.1, -0.05) is 29.8 Å². The topological polar surface area (TPSA) is 17.1 Å². The zero-order valence-corrected chi connectivity index (χ0v) is 11.8. The summed E-state index contributed by atoms with van der Waals surface area (Å²) in [4.78, 5) is 12.4. The van der Waals surface area contributed by atoms with Gasteiger partial charge in [0.1, 0.15) is 5.82 Å². The van der Waals surface area contributed by atoms with Gasteiger partial charge in [-0.15, -0.1) is 0 Å². The van der Waals surface area contributed by atoms with E-state index in [0.29, 0.717) is 16.1 Å². The van der Waals surface area contributed by atoms with Crippen molar-refractivity contribution in [3.63, 3.8) is 0 Å². The number of rotatable bonds is 2. The van der Waals surface area contributed by atoms with E-state index in [2.05, 4.69) is 0 Å². The number of ketones is 1. The van der Waals surface area contributed by atoms with E-state index in [1.54, 1.807) is 32.0 Å². The Bertz CT molecular complexity index is 639. The average molecular weight is 277 g/mol. The minimum atomic E-state index is -0.500. The minimum Gasteiger partial charge on any atom is -0.288 e. The fraction of sp³-hybridized carbons (Fsp3) is 0.188. The van der Waals surface area contributed by atoms with Crippen LogP contribution < -0.4 is 0 Å². The third kappa shape index (κ3) is 2.54. The average Bonchev–Trinajstić information content (AvgIpc) is 2.31. The summed E-state index contributed by atoms with van der Waals surface area (Å²) in [5.41, 5.74) is 2.66. The fourth-order valence-electron chi connectivity index (χ4n) is 2.16. The molecule has 0 atom stereocenters. The maximum absolute atomic E-state index is 14.0. The largest absolute Gasteiger partial charge is 0.288 e. The Morgan fingerprint density at radius 1 is 1.11 bits per heavy atom. The smallest absolute Gasteiger partial charge is 0.197 e. The van der Waals surface area contributed by atoms with Crippen LogP contribution >= 0.6 is 11.6 Å². The Morgan fingerprint density at radius 3 is 2.42 bits per heavy atom. The van der Waals surface area contributed by atoms with Crippen LogP contribution in [-0.2, 0) is 0 Å². The Balaban J connectivity index is 2.60. The second kappa shape index (κ2) is 5.14. The molecule has 3 heteroatoms. The monoisotopic (exact) mass is 276 g/mol. The number of hydrogen-bond acceptors (Lipinski definition) is 1. The molecule has 0 fully saturated rings. The Kier molecular flexibility index (Phi) is 3.72. The maximum atomic E-state index is 14.0. The molecule has 0 saturated heterocycles. The van der Waals surface area contributed by atoms with Gasteiger partial charge in [-0.25, -0.2) is 4.39 Å². The van der Waals surface area contributed by atoms with Gasteiger partial charge in [-0.05, 0) is 49.6 Å². The normalized spacial score (nSPS) is 10.6. The van der Waals surface area contributed by atoms with Gasteiger partial charge in [0.2, 0.25) is 0 Å². The number of benzene rings is 2. The van der Waals surface area contributed by atoms with Gasteiger partial charge in [0.15, 0.2) is 5.78 Å². The summed E-state index contributed by atoms with van der Waals surface area (Å²) in [7, 11) is 0. The van der Waals surface area contributed by atoms with E-state index in [-0.39, 0.29) is 11.3 Å². The molecule has 1 nitrogen and oxygen atoms in total. The van der Waals surface area contributed by atoms with Crippen molar-refractivity contribution in [3.05, 3.63) is 69.0 Å². The first-order valence-corrected chi connectivity index (χ1v) is 6.36. The van der Waals surface area contributed by atoms with E-state index in [4.69, 9.17) is 11.6 Å². The number of hydrogen-bond donors (Lipinski definition) is 0. The highest BCUT2D eigenvalue weighted by molar-refractivity contribution is 6.35. The summed E-state index contributed by atoms with van der Waals surface area (Å²) in [6.07, 6.45) is 0. The summed E-state index contributed by atoms with van der Waals surface area (Å²) in [5, 5.41) is 0.381. The molecule has 0 N–H and O–H groups in total. The zero-order chi connectivity index (χ0) is 14.2. The standard InChI is InChI=1S/C16H14ClFO/c1-9-7-11(3)14(13(18)8-9)16(19)12-6-4-5-10(2)15(12)17/h4-8H,1-3H3. The molecule has 0 bridgehead atoms. The van der Waals surface area contributed by atoms with Crippen LogP contribution in [0.4, 0.5) is 4.39 Å². The van der Waals surface area contributed by atoms with Crippen molar-refractivity contribution in [2.75, 3.05) is 0 Å². The van der Waals surface area contributed by atoms with Gasteiger partial charge in [0.25, 0.3) is 0 Å². The van der Waals surface area contributed by atoms with Gasteiger partial charge in [-0.2, -0.15) is 0 Å². The van der Waals surface area contributed by atoms with Crippen LogP contribution in [0.1, 0.15) is 32.6 Å². The molecule has 0 spiro atoms. The molecule has 0 aliphatic heterocycles. The van der Waals surface area contributed by atoms with Gasteiger partial charge in [0, 0.05) is 5.56 Å². The molecule has 0 saturated carbocycles. The highest BCUT2D eigenvalue weighted by atomic mass is 35.5. The molecule has 19 heavy (non-hydrogen) atoms. The molecule has 0 aromatic heterocycles. The van der Waals surface area contributed by atoms with Crippen LogP contribution in [-0.4, -0.2) is 5.78 Å². The molecule has 2 aromatic carbocycles. The highest BCUT2D eigenvalue weighted by Gasteiger charge is 2.19. The minimum absolute atomic E-state index is 0.0955. The summed E-state index contributed by atoms with van der Waals surface area (Å²) in [6, 6.07) is 8.34. The van der Waals surface area contributed by atoms with Crippen molar-refractivity contribution in [2.24, 2.45) is 0 Å². The van der Waals surface area contributed by atoms with Crippen LogP contribution in [0.25, 0.3) is 0 Å². The second-order valence-electron chi connectivity index (χ2n) is 4.70. The molecule has 2 aromatic rings. The summed E-state index contributed by atoms with van der Waals surface area (Å²) < 4.78 is 14.0. The van der Waals surface area contributed by atoms with E-state index < -0.39 is 5.82 Å². The number of aryl methyl sites for hydroxylation is 3. The van der Waals surface area contributed by atoms with Crippen molar-refractivity contribution in [1.82, 2.24) is 0 Å². The zero-order valence-electron chi connectivity index (χ0n) is 11.1. The third-order valence-electron chi connectivity index (χ3n) is 3.10. The molecule has 0 aliphatic rings. The quantitative estimate of drug-likeness (QED) is 0.731. The van der Waals surface area contributed by atoms with E-state index >= 15 is 0 Å². The van der Waals surface area contributed by atoms with Crippen molar-refractivity contribution < 1.29 is 9.18 Å². The molecular weight excluding hydrogens is 263 g/mol. The van der Waals surface area contributed by atoms with E-state index in [9.17, 15) is 9.18 Å². The van der Waals surface area contributed by atoms with Gasteiger partial charge in [0.05, 0.1) is 10.6 Å². The van der Waals surface area contributed by atoms with Gasteiger partial charge >= 0.3 is 0 Å². The lowest BCUT2D eigenvalue weighted by molar-refractivity contribution is 0.103. The first-order valence-electron chi connectivity index (χ1n) is 5.98. The van der Waals surface area contributed by atoms with Gasteiger partial charge in [-0.3, -0.25) is 4.79 Å². The molecule has 2 rings (SSSR count). The Labute approximate surface area is 117 Å². The van der Waals surface area contributed by atoms with Crippen LogP contribution in [0, 0.1) is 26.6 Å². The lowest BCUT2D eigenvalue weighted by Gasteiger charge is -2.10. The van der Waals surface area contributed by atoms with Crippen LogP contribution in [0.2, 0.25) is 5.02 Å². The van der Waals surface area contributed by atoms with Crippen molar-refractivity contribution in [1.29, 1.82) is 0 Å².